The Bertz CT molecular complexity index is 602. The molecule has 2 heterocycles. The third-order valence-corrected chi connectivity index (χ3v) is 5.08. The van der Waals surface area contributed by atoms with Crippen molar-refractivity contribution >= 4 is 11.8 Å². The summed E-state index contributed by atoms with van der Waals surface area (Å²) < 4.78 is 0. The molecule has 0 saturated carbocycles. The minimum atomic E-state index is -0.330. The van der Waals surface area contributed by atoms with E-state index in [1.807, 2.05) is 23.1 Å². The lowest BCUT2D eigenvalue weighted by atomic mass is 9.95. The molecule has 2 aliphatic rings. The number of rotatable bonds is 4. The number of fused-ring (bicyclic) bond motifs is 1. The second kappa shape index (κ2) is 6.93. The average molecular weight is 329 g/mol. The van der Waals surface area contributed by atoms with E-state index >= 15 is 0 Å². The molecule has 0 spiro atoms. The zero-order valence-corrected chi connectivity index (χ0v) is 14.8. The molecule has 5 heteroatoms. The third kappa shape index (κ3) is 3.31. The molecule has 2 aliphatic heterocycles. The largest absolute Gasteiger partial charge is 0.332 e. The van der Waals surface area contributed by atoms with Crippen LogP contribution >= 0.6 is 0 Å². The van der Waals surface area contributed by atoms with E-state index in [4.69, 9.17) is 0 Å². The van der Waals surface area contributed by atoms with Crippen LogP contribution in [-0.4, -0.2) is 65.3 Å². The van der Waals surface area contributed by atoms with Crippen molar-refractivity contribution in [1.82, 2.24) is 14.7 Å². The number of piperazine rings is 2. The summed E-state index contributed by atoms with van der Waals surface area (Å²) in [7, 11) is 1.78. The van der Waals surface area contributed by atoms with Gasteiger partial charge in [-0.3, -0.25) is 14.5 Å². The lowest BCUT2D eigenvalue weighted by Gasteiger charge is -2.48. The van der Waals surface area contributed by atoms with Crippen molar-refractivity contribution in [1.29, 1.82) is 0 Å². The van der Waals surface area contributed by atoms with Crippen LogP contribution in [0.1, 0.15) is 25.8 Å². The van der Waals surface area contributed by atoms with Crippen molar-refractivity contribution in [3.8, 4) is 0 Å². The summed E-state index contributed by atoms with van der Waals surface area (Å²) >= 11 is 0. The van der Waals surface area contributed by atoms with Crippen LogP contribution in [-0.2, 0) is 16.1 Å². The topological polar surface area (TPSA) is 43.9 Å². The molecule has 1 aromatic carbocycles. The second-order valence-electron chi connectivity index (χ2n) is 7.36. The molecule has 2 saturated heterocycles. The van der Waals surface area contributed by atoms with Gasteiger partial charge in [0.1, 0.15) is 12.1 Å². The fourth-order valence-corrected chi connectivity index (χ4v) is 3.75. The molecule has 0 N–H and O–H groups in total. The average Bonchev–Trinajstić information content (AvgIpc) is 2.57. The molecule has 0 bridgehead atoms. The van der Waals surface area contributed by atoms with Gasteiger partial charge in [0.15, 0.2) is 0 Å². The smallest absolute Gasteiger partial charge is 0.247 e. The summed E-state index contributed by atoms with van der Waals surface area (Å²) in [6.45, 7) is 7.10. The van der Waals surface area contributed by atoms with Gasteiger partial charge in [-0.1, -0.05) is 44.2 Å². The molecule has 0 aliphatic carbocycles. The van der Waals surface area contributed by atoms with Gasteiger partial charge in [0.2, 0.25) is 11.8 Å². The highest BCUT2D eigenvalue weighted by Crippen LogP contribution is 2.25. The van der Waals surface area contributed by atoms with E-state index in [0.29, 0.717) is 19.0 Å². The Morgan fingerprint density at radius 2 is 1.79 bits per heavy atom. The Labute approximate surface area is 144 Å². The number of nitrogens with zero attached hydrogens (tertiary/aromatic N) is 3. The SMILES string of the molecule is CC(C)C[C@H]1C(=O)N2CCN(Cc3ccccc3)C[C@@H]2C(=O)N1C. The molecule has 2 atom stereocenters. The van der Waals surface area contributed by atoms with Crippen LogP contribution < -0.4 is 0 Å². The zero-order chi connectivity index (χ0) is 17.3. The summed E-state index contributed by atoms with van der Waals surface area (Å²) in [4.78, 5) is 31.4. The first-order chi connectivity index (χ1) is 11.5. The number of carbonyl (C=O) groups excluding carboxylic acids is 2. The highest BCUT2D eigenvalue weighted by molar-refractivity contribution is 5.97. The molecule has 24 heavy (non-hydrogen) atoms. The van der Waals surface area contributed by atoms with Crippen molar-refractivity contribution in [3.05, 3.63) is 35.9 Å². The number of hydrogen-bond acceptors (Lipinski definition) is 3. The maximum atomic E-state index is 12.8. The highest BCUT2D eigenvalue weighted by Gasteiger charge is 2.46. The summed E-state index contributed by atoms with van der Waals surface area (Å²) in [6, 6.07) is 9.65. The second-order valence-corrected chi connectivity index (χ2v) is 7.36. The van der Waals surface area contributed by atoms with Crippen molar-refractivity contribution < 1.29 is 9.59 Å². The van der Waals surface area contributed by atoms with Gasteiger partial charge < -0.3 is 9.80 Å². The quantitative estimate of drug-likeness (QED) is 0.842. The van der Waals surface area contributed by atoms with E-state index < -0.39 is 0 Å². The van der Waals surface area contributed by atoms with E-state index in [0.717, 1.165) is 19.5 Å². The Kier molecular flexibility index (Phi) is 4.90. The van der Waals surface area contributed by atoms with E-state index in [1.54, 1.807) is 11.9 Å². The number of carbonyl (C=O) groups is 2. The summed E-state index contributed by atoms with van der Waals surface area (Å²) in [5.41, 5.74) is 1.24. The van der Waals surface area contributed by atoms with Gasteiger partial charge >= 0.3 is 0 Å². The van der Waals surface area contributed by atoms with E-state index in [-0.39, 0.29) is 23.9 Å². The first-order valence-electron chi connectivity index (χ1n) is 8.81. The minimum absolute atomic E-state index is 0.0815. The molecule has 5 nitrogen and oxygen atoms in total. The fourth-order valence-electron chi connectivity index (χ4n) is 3.75. The van der Waals surface area contributed by atoms with Crippen LogP contribution in [0.3, 0.4) is 0 Å². The zero-order valence-electron chi connectivity index (χ0n) is 14.8. The first-order valence-corrected chi connectivity index (χ1v) is 8.81. The van der Waals surface area contributed by atoms with Gasteiger partial charge in [-0.05, 0) is 17.9 Å². The van der Waals surface area contributed by atoms with Crippen LogP contribution in [0.25, 0.3) is 0 Å². The minimum Gasteiger partial charge on any atom is -0.332 e. The monoisotopic (exact) mass is 329 g/mol. The molecular weight excluding hydrogens is 302 g/mol. The molecule has 0 radical (unpaired) electrons. The van der Waals surface area contributed by atoms with Crippen LogP contribution in [0.15, 0.2) is 30.3 Å². The number of likely N-dealkylation sites (N-methyl/N-ethyl adjacent to an activating group) is 1. The molecule has 3 rings (SSSR count). The molecule has 1 aromatic rings. The van der Waals surface area contributed by atoms with Gasteiger partial charge in [0, 0.05) is 33.2 Å². The normalized spacial score (nSPS) is 25.3. The number of benzene rings is 1. The van der Waals surface area contributed by atoms with E-state index in [1.165, 1.54) is 5.56 Å². The lowest BCUT2D eigenvalue weighted by Crippen LogP contribution is -2.69. The maximum absolute atomic E-state index is 12.8. The number of amides is 2. The Morgan fingerprint density at radius 3 is 2.46 bits per heavy atom. The fraction of sp³-hybridized carbons (Fsp3) is 0.579. The predicted molar refractivity (Wildman–Crippen MR) is 93.2 cm³/mol. The first kappa shape index (κ1) is 17.0. The third-order valence-electron chi connectivity index (χ3n) is 5.08. The number of hydrogen-bond donors (Lipinski definition) is 0. The van der Waals surface area contributed by atoms with Crippen LogP contribution in [0.4, 0.5) is 0 Å². The highest BCUT2D eigenvalue weighted by atomic mass is 16.2. The van der Waals surface area contributed by atoms with E-state index in [2.05, 4.69) is 30.9 Å². The standard InChI is InChI=1S/C19H27N3O2/c1-14(2)11-16-19(24)22-10-9-21(12-15-7-5-4-6-8-15)13-17(22)18(23)20(16)3/h4-8,14,16-17H,9-13H2,1-3H3/t16-,17+/m0/s1. The van der Waals surface area contributed by atoms with Gasteiger partial charge in [0.05, 0.1) is 0 Å². The molecule has 0 aromatic heterocycles. The van der Waals surface area contributed by atoms with Crippen molar-refractivity contribution in [2.75, 3.05) is 26.7 Å². The lowest BCUT2D eigenvalue weighted by molar-refractivity contribution is -0.164. The van der Waals surface area contributed by atoms with Gasteiger partial charge in [-0.2, -0.15) is 0 Å². The molecule has 0 unspecified atom stereocenters. The van der Waals surface area contributed by atoms with Gasteiger partial charge in [0.25, 0.3) is 0 Å². The summed E-state index contributed by atoms with van der Waals surface area (Å²) in [6.07, 6.45) is 0.734. The summed E-state index contributed by atoms with van der Waals surface area (Å²) in [5.74, 6) is 0.596. The maximum Gasteiger partial charge on any atom is 0.247 e. The van der Waals surface area contributed by atoms with Gasteiger partial charge in [-0.15, -0.1) is 0 Å². The molecule has 130 valence electrons. The van der Waals surface area contributed by atoms with Crippen LogP contribution in [0.5, 0.6) is 0 Å². The van der Waals surface area contributed by atoms with Crippen molar-refractivity contribution in [2.24, 2.45) is 5.92 Å². The molecular formula is C19H27N3O2. The van der Waals surface area contributed by atoms with Crippen LogP contribution in [0, 0.1) is 5.92 Å². The summed E-state index contributed by atoms with van der Waals surface area (Å²) in [5, 5.41) is 0. The molecule has 2 fully saturated rings. The van der Waals surface area contributed by atoms with Gasteiger partial charge in [-0.25, -0.2) is 0 Å². The Balaban J connectivity index is 1.71. The Morgan fingerprint density at radius 1 is 1.08 bits per heavy atom. The van der Waals surface area contributed by atoms with Crippen LogP contribution in [0.2, 0.25) is 0 Å². The Hall–Kier alpha value is -1.88. The van der Waals surface area contributed by atoms with Crippen molar-refractivity contribution in [3.63, 3.8) is 0 Å². The van der Waals surface area contributed by atoms with E-state index in [9.17, 15) is 9.59 Å². The predicted octanol–water partition coefficient (Wildman–Crippen LogP) is 1.59. The molecule has 2 amide bonds. The van der Waals surface area contributed by atoms with Crippen molar-refractivity contribution in [2.45, 2.75) is 38.9 Å².